The summed E-state index contributed by atoms with van der Waals surface area (Å²) in [6, 6.07) is 61.2. The highest BCUT2D eigenvalue weighted by Gasteiger charge is 2.31. The number of rotatable bonds is 3. The van der Waals surface area contributed by atoms with Gasteiger partial charge in [0.1, 0.15) is 0 Å². The Morgan fingerprint density at radius 2 is 1.10 bits per heavy atom. The van der Waals surface area contributed by atoms with E-state index in [9.17, 15) is 0 Å². The van der Waals surface area contributed by atoms with E-state index in [2.05, 4.69) is 173 Å². The Morgan fingerprint density at radius 1 is 0.438 bits per heavy atom. The van der Waals surface area contributed by atoms with E-state index in [4.69, 9.17) is 4.98 Å². The molecular weight excluding hydrogens is 583 g/mol. The van der Waals surface area contributed by atoms with Gasteiger partial charge >= 0.3 is 0 Å². The molecule has 3 heteroatoms. The van der Waals surface area contributed by atoms with Crippen molar-refractivity contribution in [1.29, 1.82) is 0 Å². The predicted octanol–water partition coefficient (Wildman–Crippen LogP) is 12.1. The number of fused-ring (bicyclic) bond motifs is 9. The smallest absolute Gasteiger partial charge is 0.0723 e. The van der Waals surface area contributed by atoms with Crippen LogP contribution in [0, 0.1) is 0 Å². The van der Waals surface area contributed by atoms with Crippen LogP contribution in [0.25, 0.3) is 71.8 Å². The monoisotopic (exact) mass is 611 g/mol. The number of aromatic nitrogens is 2. The molecule has 10 rings (SSSR count). The molecule has 0 spiro atoms. The molecule has 48 heavy (non-hydrogen) atoms. The fraction of sp³-hybridized carbons (Fsp3) is 0. The molecular formula is C45H29N3. The molecule has 0 bridgehead atoms. The zero-order chi connectivity index (χ0) is 31.6. The first-order valence-corrected chi connectivity index (χ1v) is 16.4. The summed E-state index contributed by atoms with van der Waals surface area (Å²) in [5.41, 5.74) is 13.8. The number of nitrogens with zero attached hydrogens (tertiary/aromatic N) is 3. The lowest BCUT2D eigenvalue weighted by Gasteiger charge is -2.27. The van der Waals surface area contributed by atoms with Gasteiger partial charge in [-0.3, -0.25) is 4.98 Å². The van der Waals surface area contributed by atoms with Crippen LogP contribution >= 0.6 is 0 Å². The SMILES string of the molecule is c1ccc(-c2cnc3cc(N4c5ccccc5-c5c(n(-c6ccc7ccccc7c6)c6ccccc56)-c5ccccc54)ccc3c2)cc1. The van der Waals surface area contributed by atoms with Gasteiger partial charge in [0.25, 0.3) is 0 Å². The molecule has 0 amide bonds. The third kappa shape index (κ3) is 4.04. The van der Waals surface area contributed by atoms with Crippen molar-refractivity contribution < 1.29 is 0 Å². The van der Waals surface area contributed by atoms with Gasteiger partial charge in [-0.25, -0.2) is 0 Å². The minimum Gasteiger partial charge on any atom is -0.309 e. The van der Waals surface area contributed by atoms with Crippen LogP contribution in [0.15, 0.2) is 176 Å². The Bertz CT molecular complexity index is 2690. The highest BCUT2D eigenvalue weighted by atomic mass is 15.2. The van der Waals surface area contributed by atoms with E-state index in [1.165, 1.54) is 49.6 Å². The lowest BCUT2D eigenvalue weighted by Crippen LogP contribution is -2.11. The summed E-state index contributed by atoms with van der Waals surface area (Å²) in [7, 11) is 0. The number of benzene rings is 7. The molecule has 0 radical (unpaired) electrons. The summed E-state index contributed by atoms with van der Waals surface area (Å²) in [4.78, 5) is 7.38. The van der Waals surface area contributed by atoms with E-state index in [-0.39, 0.29) is 0 Å². The zero-order valence-corrected chi connectivity index (χ0v) is 26.1. The fourth-order valence-corrected chi connectivity index (χ4v) is 7.55. The molecule has 0 aliphatic carbocycles. The highest BCUT2D eigenvalue weighted by molar-refractivity contribution is 6.13. The normalized spacial score (nSPS) is 12.1. The van der Waals surface area contributed by atoms with Gasteiger partial charge in [-0.05, 0) is 64.9 Å². The van der Waals surface area contributed by atoms with Crippen LogP contribution in [0.5, 0.6) is 0 Å². The van der Waals surface area contributed by atoms with E-state index < -0.39 is 0 Å². The maximum atomic E-state index is 4.97. The van der Waals surface area contributed by atoms with Gasteiger partial charge in [0, 0.05) is 50.6 Å². The molecule has 2 aromatic heterocycles. The van der Waals surface area contributed by atoms with Gasteiger partial charge in [-0.2, -0.15) is 0 Å². The molecule has 3 nitrogen and oxygen atoms in total. The van der Waals surface area contributed by atoms with Gasteiger partial charge in [-0.15, -0.1) is 0 Å². The first kappa shape index (κ1) is 26.7. The van der Waals surface area contributed by atoms with Gasteiger partial charge < -0.3 is 9.47 Å². The molecule has 0 unspecified atom stereocenters. The van der Waals surface area contributed by atoms with Crippen LogP contribution < -0.4 is 4.90 Å². The highest BCUT2D eigenvalue weighted by Crippen LogP contribution is 2.54. The summed E-state index contributed by atoms with van der Waals surface area (Å²) in [6.45, 7) is 0. The van der Waals surface area contributed by atoms with Crippen LogP contribution in [0.2, 0.25) is 0 Å². The third-order valence-corrected chi connectivity index (χ3v) is 9.71. The average Bonchev–Trinajstić information content (AvgIpc) is 3.44. The molecule has 0 fully saturated rings. The van der Waals surface area contributed by atoms with Crippen LogP contribution in [0.4, 0.5) is 17.1 Å². The van der Waals surface area contributed by atoms with Crippen molar-refractivity contribution in [2.45, 2.75) is 0 Å². The van der Waals surface area contributed by atoms with Crippen LogP contribution in [0.3, 0.4) is 0 Å². The summed E-state index contributed by atoms with van der Waals surface area (Å²) in [5, 5.41) is 4.82. The molecule has 1 aliphatic heterocycles. The van der Waals surface area contributed by atoms with Crippen molar-refractivity contribution in [3.05, 3.63) is 176 Å². The first-order valence-electron chi connectivity index (χ1n) is 16.4. The first-order chi connectivity index (χ1) is 23.8. The zero-order valence-electron chi connectivity index (χ0n) is 26.1. The minimum atomic E-state index is 0.968. The van der Waals surface area contributed by atoms with E-state index in [0.29, 0.717) is 0 Å². The Labute approximate surface area is 278 Å². The van der Waals surface area contributed by atoms with Gasteiger partial charge in [0.05, 0.1) is 28.1 Å². The molecule has 7 aromatic carbocycles. The molecule has 1 aliphatic rings. The van der Waals surface area contributed by atoms with Crippen molar-refractivity contribution >= 4 is 49.6 Å². The molecule has 0 saturated heterocycles. The lowest BCUT2D eigenvalue weighted by molar-refractivity contribution is 1.14. The van der Waals surface area contributed by atoms with Gasteiger partial charge in [0.15, 0.2) is 0 Å². The van der Waals surface area contributed by atoms with Crippen molar-refractivity contribution in [3.63, 3.8) is 0 Å². The van der Waals surface area contributed by atoms with Crippen molar-refractivity contribution in [2.75, 3.05) is 4.90 Å². The Kier molecular flexibility index (Phi) is 5.87. The molecule has 0 saturated carbocycles. The van der Waals surface area contributed by atoms with E-state index in [0.717, 1.165) is 39.2 Å². The topological polar surface area (TPSA) is 21.1 Å². The summed E-state index contributed by atoms with van der Waals surface area (Å²) >= 11 is 0. The second-order valence-electron chi connectivity index (χ2n) is 12.4. The maximum absolute atomic E-state index is 4.97. The molecule has 224 valence electrons. The molecule has 9 aromatic rings. The quantitative estimate of drug-likeness (QED) is 0.198. The standard InChI is InChI=1S/C45H29N3/c1-2-12-30(13-3-1)34-26-33-23-25-36(28-40(33)46-29-34)47-41-19-9-6-16-37(41)44-38-17-7-10-20-42(38)48(45(44)39-18-8-11-21-43(39)47)35-24-22-31-14-4-5-15-32(31)27-35/h1-29H. The van der Waals surface area contributed by atoms with Crippen molar-refractivity contribution in [3.8, 4) is 39.2 Å². The number of pyridine rings is 1. The maximum Gasteiger partial charge on any atom is 0.0723 e. The van der Waals surface area contributed by atoms with Crippen LogP contribution in [-0.2, 0) is 0 Å². The number of anilines is 3. The predicted molar refractivity (Wildman–Crippen MR) is 201 cm³/mol. The fourth-order valence-electron chi connectivity index (χ4n) is 7.55. The minimum absolute atomic E-state index is 0.968. The molecule has 3 heterocycles. The van der Waals surface area contributed by atoms with Crippen molar-refractivity contribution in [1.82, 2.24) is 9.55 Å². The number of para-hydroxylation sites is 3. The van der Waals surface area contributed by atoms with Gasteiger partial charge in [-0.1, -0.05) is 121 Å². The Balaban J connectivity index is 1.24. The third-order valence-electron chi connectivity index (χ3n) is 9.71. The number of hydrogen-bond donors (Lipinski definition) is 0. The van der Waals surface area contributed by atoms with Crippen molar-refractivity contribution in [2.24, 2.45) is 0 Å². The van der Waals surface area contributed by atoms with E-state index >= 15 is 0 Å². The number of hydrogen-bond acceptors (Lipinski definition) is 2. The molecule has 0 N–H and O–H groups in total. The largest absolute Gasteiger partial charge is 0.309 e. The van der Waals surface area contributed by atoms with E-state index in [1.807, 2.05) is 12.3 Å². The summed E-state index contributed by atoms with van der Waals surface area (Å²) in [5.74, 6) is 0. The second kappa shape index (κ2) is 10.5. The van der Waals surface area contributed by atoms with E-state index in [1.54, 1.807) is 0 Å². The summed E-state index contributed by atoms with van der Waals surface area (Å²) in [6.07, 6.45) is 1.99. The van der Waals surface area contributed by atoms with Crippen LogP contribution in [0.1, 0.15) is 0 Å². The average molecular weight is 612 g/mol. The lowest BCUT2D eigenvalue weighted by atomic mass is 9.98. The Morgan fingerprint density at radius 3 is 1.98 bits per heavy atom. The Hall–Kier alpha value is -6.45. The van der Waals surface area contributed by atoms with Gasteiger partial charge in [0.2, 0.25) is 0 Å². The summed E-state index contributed by atoms with van der Waals surface area (Å²) < 4.78 is 2.46. The molecule has 0 atom stereocenters. The van der Waals surface area contributed by atoms with Crippen LogP contribution in [-0.4, -0.2) is 9.55 Å². The second-order valence-corrected chi connectivity index (χ2v) is 12.4.